The van der Waals surface area contributed by atoms with Gasteiger partial charge in [-0.25, -0.2) is 14.2 Å². The maximum absolute atomic E-state index is 13.2. The zero-order valence-electron chi connectivity index (χ0n) is 10.1. The van der Waals surface area contributed by atoms with Crippen molar-refractivity contribution in [2.75, 3.05) is 6.61 Å². The molecular formula is C13H12FNO2S. The molecule has 1 heterocycles. The number of ether oxygens (including phenoxy) is 1. The summed E-state index contributed by atoms with van der Waals surface area (Å²) in [6, 6.07) is 4.76. The summed E-state index contributed by atoms with van der Waals surface area (Å²) in [7, 11) is 0. The van der Waals surface area contributed by atoms with E-state index in [4.69, 9.17) is 4.74 Å². The average Bonchev–Trinajstić information content (AvgIpc) is 2.82. The van der Waals surface area contributed by atoms with Crippen LogP contribution in [0.5, 0.6) is 0 Å². The van der Waals surface area contributed by atoms with Crippen molar-refractivity contribution in [3.05, 3.63) is 40.7 Å². The monoisotopic (exact) mass is 265 g/mol. The van der Waals surface area contributed by atoms with Crippen molar-refractivity contribution in [1.29, 1.82) is 0 Å². The summed E-state index contributed by atoms with van der Waals surface area (Å²) in [4.78, 5) is 15.7. The van der Waals surface area contributed by atoms with E-state index in [-0.39, 0.29) is 5.82 Å². The zero-order valence-corrected chi connectivity index (χ0v) is 10.9. The minimum Gasteiger partial charge on any atom is -0.461 e. The Balaban J connectivity index is 2.29. The van der Waals surface area contributed by atoms with E-state index in [2.05, 4.69) is 4.98 Å². The molecule has 0 amide bonds. The maximum atomic E-state index is 13.2. The molecule has 18 heavy (non-hydrogen) atoms. The van der Waals surface area contributed by atoms with E-state index in [0.717, 1.165) is 5.56 Å². The Morgan fingerprint density at radius 1 is 1.50 bits per heavy atom. The first-order valence-electron chi connectivity index (χ1n) is 5.51. The summed E-state index contributed by atoms with van der Waals surface area (Å²) in [5.41, 5.74) is 1.65. The van der Waals surface area contributed by atoms with Gasteiger partial charge < -0.3 is 4.74 Å². The van der Waals surface area contributed by atoms with Gasteiger partial charge in [0.25, 0.3) is 0 Å². The van der Waals surface area contributed by atoms with Crippen molar-refractivity contribution in [3.8, 4) is 10.6 Å². The molecule has 0 aliphatic carbocycles. The van der Waals surface area contributed by atoms with E-state index < -0.39 is 5.97 Å². The number of hydrogen-bond donors (Lipinski definition) is 0. The Bertz CT molecular complexity index is 580. The molecule has 0 spiro atoms. The van der Waals surface area contributed by atoms with Crippen LogP contribution >= 0.6 is 11.3 Å². The van der Waals surface area contributed by atoms with Gasteiger partial charge in [0.1, 0.15) is 10.8 Å². The molecule has 3 nitrogen and oxygen atoms in total. The number of carbonyl (C=O) groups excluding carboxylic acids is 1. The first-order chi connectivity index (χ1) is 8.61. The van der Waals surface area contributed by atoms with Crippen LogP contribution in [0.25, 0.3) is 10.6 Å². The van der Waals surface area contributed by atoms with E-state index in [1.54, 1.807) is 31.4 Å². The summed E-state index contributed by atoms with van der Waals surface area (Å²) < 4.78 is 18.0. The van der Waals surface area contributed by atoms with Crippen LogP contribution < -0.4 is 0 Å². The number of esters is 1. The molecular weight excluding hydrogens is 253 g/mol. The molecule has 0 aliphatic heterocycles. The van der Waals surface area contributed by atoms with E-state index >= 15 is 0 Å². The van der Waals surface area contributed by atoms with Crippen LogP contribution in [0.1, 0.15) is 23.0 Å². The van der Waals surface area contributed by atoms with Crippen molar-refractivity contribution < 1.29 is 13.9 Å². The van der Waals surface area contributed by atoms with Crippen LogP contribution in [0, 0.1) is 12.7 Å². The molecule has 0 saturated carbocycles. The second-order valence-corrected chi connectivity index (χ2v) is 4.58. The summed E-state index contributed by atoms with van der Waals surface area (Å²) in [6.45, 7) is 3.76. The van der Waals surface area contributed by atoms with Gasteiger partial charge in [0.2, 0.25) is 0 Å². The molecule has 94 valence electrons. The lowest BCUT2D eigenvalue weighted by molar-refractivity contribution is 0.0520. The minimum absolute atomic E-state index is 0.249. The first-order valence-corrected chi connectivity index (χ1v) is 6.39. The van der Waals surface area contributed by atoms with Crippen molar-refractivity contribution in [2.24, 2.45) is 0 Å². The van der Waals surface area contributed by atoms with Gasteiger partial charge >= 0.3 is 5.97 Å². The van der Waals surface area contributed by atoms with Crippen molar-refractivity contribution in [1.82, 2.24) is 4.98 Å². The highest BCUT2D eigenvalue weighted by Gasteiger charge is 2.13. The van der Waals surface area contributed by atoms with Gasteiger partial charge in [0.15, 0.2) is 5.69 Å². The van der Waals surface area contributed by atoms with Gasteiger partial charge in [-0.2, -0.15) is 0 Å². The summed E-state index contributed by atoms with van der Waals surface area (Å²) in [6.07, 6.45) is 0. The molecule has 0 radical (unpaired) electrons. The second kappa shape index (κ2) is 5.27. The fourth-order valence-corrected chi connectivity index (χ4v) is 2.27. The smallest absolute Gasteiger partial charge is 0.357 e. The van der Waals surface area contributed by atoms with Crippen LogP contribution in [0.3, 0.4) is 0 Å². The first kappa shape index (κ1) is 12.7. The van der Waals surface area contributed by atoms with E-state index in [9.17, 15) is 9.18 Å². The van der Waals surface area contributed by atoms with E-state index in [1.165, 1.54) is 17.4 Å². The van der Waals surface area contributed by atoms with Crippen molar-refractivity contribution >= 4 is 17.3 Å². The molecule has 0 saturated heterocycles. The molecule has 5 heteroatoms. The number of nitrogens with zero attached hydrogens (tertiary/aromatic N) is 1. The normalized spacial score (nSPS) is 10.4. The molecule has 2 rings (SSSR count). The van der Waals surface area contributed by atoms with Gasteiger partial charge in [0.05, 0.1) is 6.61 Å². The second-order valence-electron chi connectivity index (χ2n) is 3.72. The van der Waals surface area contributed by atoms with Crippen molar-refractivity contribution in [3.63, 3.8) is 0 Å². The molecule has 0 atom stereocenters. The van der Waals surface area contributed by atoms with Crippen LogP contribution in [-0.4, -0.2) is 17.6 Å². The highest BCUT2D eigenvalue weighted by atomic mass is 32.1. The summed E-state index contributed by atoms with van der Waals surface area (Å²) in [5, 5.41) is 2.33. The number of carbonyl (C=O) groups is 1. The molecule has 0 aliphatic rings. The highest BCUT2D eigenvalue weighted by molar-refractivity contribution is 7.13. The molecule has 1 aromatic carbocycles. The lowest BCUT2D eigenvalue weighted by Gasteiger charge is -2.00. The quantitative estimate of drug-likeness (QED) is 0.798. The number of aromatic nitrogens is 1. The fraction of sp³-hybridized carbons (Fsp3) is 0.231. The lowest BCUT2D eigenvalue weighted by atomic mass is 10.1. The van der Waals surface area contributed by atoms with Crippen molar-refractivity contribution in [2.45, 2.75) is 13.8 Å². The molecule has 0 unspecified atom stereocenters. The van der Waals surface area contributed by atoms with Gasteiger partial charge in [-0.15, -0.1) is 11.3 Å². The summed E-state index contributed by atoms with van der Waals surface area (Å²) in [5.74, 6) is -0.681. The lowest BCUT2D eigenvalue weighted by Crippen LogP contribution is -2.04. The molecule has 0 bridgehead atoms. The Labute approximate surface area is 108 Å². The standard InChI is InChI=1S/C13H12FNO2S/c1-3-17-13(16)11-7-18-12(15-11)9-4-5-10(14)8(2)6-9/h4-7H,3H2,1-2H3. The number of thiazole rings is 1. The number of benzene rings is 1. The van der Waals surface area contributed by atoms with Gasteiger partial charge in [-0.1, -0.05) is 0 Å². The Kier molecular flexibility index (Phi) is 3.72. The Morgan fingerprint density at radius 2 is 2.28 bits per heavy atom. The van der Waals surface area contributed by atoms with Crippen LogP contribution in [0.15, 0.2) is 23.6 Å². The number of aryl methyl sites for hydroxylation is 1. The highest BCUT2D eigenvalue weighted by Crippen LogP contribution is 2.25. The largest absolute Gasteiger partial charge is 0.461 e. The average molecular weight is 265 g/mol. The minimum atomic E-state index is -0.432. The molecule has 2 aromatic rings. The molecule has 1 aromatic heterocycles. The van der Waals surface area contributed by atoms with Crippen LogP contribution in [0.2, 0.25) is 0 Å². The number of rotatable bonds is 3. The Hall–Kier alpha value is -1.75. The van der Waals surface area contributed by atoms with Gasteiger partial charge in [0, 0.05) is 10.9 Å². The third-order valence-electron chi connectivity index (χ3n) is 2.39. The number of halogens is 1. The maximum Gasteiger partial charge on any atom is 0.357 e. The third kappa shape index (κ3) is 2.56. The van der Waals surface area contributed by atoms with Crippen LogP contribution in [-0.2, 0) is 4.74 Å². The van der Waals surface area contributed by atoms with Gasteiger partial charge in [-0.05, 0) is 37.6 Å². The third-order valence-corrected chi connectivity index (χ3v) is 3.29. The van der Waals surface area contributed by atoms with Crippen LogP contribution in [0.4, 0.5) is 4.39 Å². The summed E-state index contributed by atoms with van der Waals surface area (Å²) >= 11 is 1.34. The Morgan fingerprint density at radius 3 is 2.94 bits per heavy atom. The SMILES string of the molecule is CCOC(=O)c1csc(-c2ccc(F)c(C)c2)n1. The zero-order chi connectivity index (χ0) is 13.1. The van der Waals surface area contributed by atoms with Gasteiger partial charge in [-0.3, -0.25) is 0 Å². The fourth-order valence-electron chi connectivity index (χ4n) is 1.48. The number of hydrogen-bond acceptors (Lipinski definition) is 4. The molecule has 0 fully saturated rings. The van der Waals surface area contributed by atoms with E-state index in [0.29, 0.717) is 22.9 Å². The predicted octanol–water partition coefficient (Wildman–Crippen LogP) is 3.43. The van der Waals surface area contributed by atoms with E-state index in [1.807, 2.05) is 0 Å². The predicted molar refractivity (Wildman–Crippen MR) is 68.2 cm³/mol. The molecule has 0 N–H and O–H groups in total. The topological polar surface area (TPSA) is 39.2 Å².